The van der Waals surface area contributed by atoms with Crippen molar-refractivity contribution in [2.45, 2.75) is 38.6 Å². The zero-order chi connectivity index (χ0) is 26.5. The molecule has 38 heavy (non-hydrogen) atoms. The molecule has 1 aliphatic rings. The van der Waals surface area contributed by atoms with Crippen molar-refractivity contribution in [2.24, 2.45) is 0 Å². The number of halogens is 2. The monoisotopic (exact) mass is 512 g/mol. The first kappa shape index (κ1) is 25.6. The van der Waals surface area contributed by atoms with Crippen LogP contribution in [0.5, 0.6) is 5.75 Å². The number of benzene rings is 4. The second-order valence-corrected chi connectivity index (χ2v) is 9.59. The van der Waals surface area contributed by atoms with Crippen molar-refractivity contribution in [3.63, 3.8) is 0 Å². The molecule has 1 amide bonds. The predicted molar refractivity (Wildman–Crippen MR) is 144 cm³/mol. The van der Waals surface area contributed by atoms with E-state index in [1.165, 1.54) is 23.8 Å². The van der Waals surface area contributed by atoms with Crippen LogP contribution in [0.15, 0.2) is 97.1 Å². The number of amides is 1. The zero-order valence-corrected chi connectivity index (χ0v) is 21.2. The maximum Gasteiger partial charge on any atom is 0.261 e. The number of ether oxygens (including phenoxy) is 1. The Labute approximate surface area is 221 Å². The van der Waals surface area contributed by atoms with Crippen molar-refractivity contribution < 1.29 is 18.3 Å². The van der Waals surface area contributed by atoms with Crippen molar-refractivity contribution >= 4 is 5.91 Å². The van der Waals surface area contributed by atoms with Crippen LogP contribution in [-0.4, -0.2) is 23.5 Å². The molecule has 1 aliphatic heterocycles. The SMILES string of the molecule is C[C@H](Oc1ccc2c(c1)[C@H](c1ccccc1)N(Cc1ccccc1F)CC2)C(=O)NCc1ccc(F)cc1. The summed E-state index contributed by atoms with van der Waals surface area (Å²) in [7, 11) is 0. The first-order valence-electron chi connectivity index (χ1n) is 12.8. The van der Waals surface area contributed by atoms with Gasteiger partial charge < -0.3 is 10.1 Å². The summed E-state index contributed by atoms with van der Waals surface area (Å²) in [6.45, 7) is 3.28. The van der Waals surface area contributed by atoms with E-state index in [1.807, 2.05) is 42.5 Å². The van der Waals surface area contributed by atoms with Gasteiger partial charge in [-0.1, -0.05) is 66.7 Å². The minimum Gasteiger partial charge on any atom is -0.481 e. The molecular formula is C32H30F2N2O2. The molecule has 0 aromatic heterocycles. The lowest BCUT2D eigenvalue weighted by Crippen LogP contribution is -2.37. The molecule has 1 N–H and O–H groups in total. The Hall–Kier alpha value is -4.03. The van der Waals surface area contributed by atoms with E-state index in [9.17, 15) is 13.6 Å². The predicted octanol–water partition coefficient (Wildman–Crippen LogP) is 6.20. The van der Waals surface area contributed by atoms with E-state index in [-0.39, 0.29) is 30.1 Å². The Balaban J connectivity index is 1.35. The zero-order valence-electron chi connectivity index (χ0n) is 21.2. The highest BCUT2D eigenvalue weighted by atomic mass is 19.1. The Morgan fingerprint density at radius 1 is 0.974 bits per heavy atom. The van der Waals surface area contributed by atoms with Crippen LogP contribution in [0.25, 0.3) is 0 Å². The summed E-state index contributed by atoms with van der Waals surface area (Å²) in [6, 6.07) is 29.0. The van der Waals surface area contributed by atoms with Gasteiger partial charge in [-0.2, -0.15) is 0 Å². The first-order valence-corrected chi connectivity index (χ1v) is 12.8. The second kappa shape index (κ2) is 11.6. The quantitative estimate of drug-likeness (QED) is 0.306. The fourth-order valence-electron chi connectivity index (χ4n) is 4.95. The van der Waals surface area contributed by atoms with Crippen LogP contribution in [-0.2, 0) is 24.3 Å². The number of nitrogens with one attached hydrogen (secondary N) is 1. The number of fused-ring (bicyclic) bond motifs is 1. The number of carbonyl (C=O) groups is 1. The van der Waals surface area contributed by atoms with E-state index in [0.29, 0.717) is 17.9 Å². The Morgan fingerprint density at radius 3 is 2.47 bits per heavy atom. The van der Waals surface area contributed by atoms with Gasteiger partial charge in [0.25, 0.3) is 5.91 Å². The average molecular weight is 513 g/mol. The lowest BCUT2D eigenvalue weighted by molar-refractivity contribution is -0.127. The molecule has 6 heteroatoms. The van der Waals surface area contributed by atoms with Crippen LogP contribution in [0.3, 0.4) is 0 Å². The Bertz CT molecular complexity index is 1390. The highest BCUT2D eigenvalue weighted by Gasteiger charge is 2.30. The number of nitrogens with zero attached hydrogens (tertiary/aromatic N) is 1. The smallest absolute Gasteiger partial charge is 0.261 e. The summed E-state index contributed by atoms with van der Waals surface area (Å²) in [5.41, 5.74) is 4.89. The van der Waals surface area contributed by atoms with E-state index in [0.717, 1.165) is 29.7 Å². The van der Waals surface area contributed by atoms with E-state index in [2.05, 4.69) is 28.4 Å². The van der Waals surface area contributed by atoms with Gasteiger partial charge in [0, 0.05) is 25.2 Å². The fourth-order valence-corrected chi connectivity index (χ4v) is 4.95. The number of hydrogen-bond acceptors (Lipinski definition) is 3. The van der Waals surface area contributed by atoms with Crippen molar-refractivity contribution in [3.05, 3.63) is 137 Å². The molecule has 0 saturated carbocycles. The third kappa shape index (κ3) is 5.92. The molecule has 2 atom stereocenters. The standard InChI is InChI=1S/C32H30F2N2O2/c1-22(32(37)35-20-23-11-14-27(33)15-12-23)38-28-16-13-24-17-18-36(21-26-9-5-6-10-30(26)34)31(29(24)19-28)25-7-3-2-4-8-25/h2-16,19,22,31H,17-18,20-21H2,1H3,(H,35,37)/t22-,31-/m0/s1. The maximum atomic E-state index is 14.5. The molecular weight excluding hydrogens is 482 g/mol. The first-order chi connectivity index (χ1) is 18.5. The summed E-state index contributed by atoms with van der Waals surface area (Å²) in [5.74, 6) is -0.178. The van der Waals surface area contributed by atoms with E-state index < -0.39 is 6.10 Å². The summed E-state index contributed by atoms with van der Waals surface area (Å²) >= 11 is 0. The molecule has 4 nitrogen and oxygen atoms in total. The molecule has 0 radical (unpaired) electrons. The Kier molecular flexibility index (Phi) is 7.80. The van der Waals surface area contributed by atoms with Crippen LogP contribution in [0.4, 0.5) is 8.78 Å². The molecule has 0 bridgehead atoms. The largest absolute Gasteiger partial charge is 0.481 e. The fraction of sp³-hybridized carbons (Fsp3) is 0.219. The molecule has 4 aromatic carbocycles. The van der Waals surface area contributed by atoms with Crippen LogP contribution < -0.4 is 10.1 Å². The maximum absolute atomic E-state index is 14.5. The van der Waals surface area contributed by atoms with Crippen LogP contribution >= 0.6 is 0 Å². The summed E-state index contributed by atoms with van der Waals surface area (Å²) in [6.07, 6.45) is 0.114. The molecule has 1 heterocycles. The van der Waals surface area contributed by atoms with Gasteiger partial charge in [0.15, 0.2) is 6.10 Å². The molecule has 194 valence electrons. The highest BCUT2D eigenvalue weighted by Crippen LogP contribution is 2.38. The lowest BCUT2D eigenvalue weighted by Gasteiger charge is -2.38. The van der Waals surface area contributed by atoms with Crippen molar-refractivity contribution in [3.8, 4) is 5.75 Å². The minimum absolute atomic E-state index is 0.0780. The number of rotatable bonds is 8. The van der Waals surface area contributed by atoms with Gasteiger partial charge in [-0.3, -0.25) is 9.69 Å². The summed E-state index contributed by atoms with van der Waals surface area (Å²) in [5, 5.41) is 2.84. The van der Waals surface area contributed by atoms with Gasteiger partial charge in [0.05, 0.1) is 6.04 Å². The van der Waals surface area contributed by atoms with Crippen molar-refractivity contribution in [2.75, 3.05) is 6.54 Å². The van der Waals surface area contributed by atoms with Crippen LogP contribution in [0, 0.1) is 11.6 Å². The molecule has 0 aliphatic carbocycles. The van der Waals surface area contributed by atoms with Gasteiger partial charge in [-0.15, -0.1) is 0 Å². The minimum atomic E-state index is -0.721. The molecule has 0 unspecified atom stereocenters. The van der Waals surface area contributed by atoms with Crippen molar-refractivity contribution in [1.29, 1.82) is 0 Å². The van der Waals surface area contributed by atoms with E-state index >= 15 is 0 Å². The molecule has 5 rings (SSSR count). The van der Waals surface area contributed by atoms with E-state index in [1.54, 1.807) is 25.1 Å². The van der Waals surface area contributed by atoms with Crippen LogP contribution in [0.2, 0.25) is 0 Å². The molecule has 4 aromatic rings. The van der Waals surface area contributed by atoms with E-state index in [4.69, 9.17) is 4.74 Å². The number of hydrogen-bond donors (Lipinski definition) is 1. The van der Waals surface area contributed by atoms with Gasteiger partial charge in [-0.25, -0.2) is 8.78 Å². The van der Waals surface area contributed by atoms with Crippen LogP contribution in [0.1, 0.15) is 40.8 Å². The molecule has 0 fully saturated rings. The normalized spacial score (nSPS) is 15.9. The van der Waals surface area contributed by atoms with Gasteiger partial charge >= 0.3 is 0 Å². The Morgan fingerprint density at radius 2 is 1.71 bits per heavy atom. The topological polar surface area (TPSA) is 41.6 Å². The summed E-state index contributed by atoms with van der Waals surface area (Å²) in [4.78, 5) is 15.0. The van der Waals surface area contributed by atoms with Gasteiger partial charge in [0.2, 0.25) is 0 Å². The second-order valence-electron chi connectivity index (χ2n) is 9.59. The molecule has 0 spiro atoms. The summed E-state index contributed by atoms with van der Waals surface area (Å²) < 4.78 is 33.7. The lowest BCUT2D eigenvalue weighted by atomic mass is 9.87. The molecule has 0 saturated heterocycles. The number of carbonyl (C=O) groups excluding carboxylic acids is 1. The van der Waals surface area contributed by atoms with Gasteiger partial charge in [0.1, 0.15) is 17.4 Å². The highest BCUT2D eigenvalue weighted by molar-refractivity contribution is 5.80. The third-order valence-electron chi connectivity index (χ3n) is 6.95. The third-order valence-corrected chi connectivity index (χ3v) is 6.95. The van der Waals surface area contributed by atoms with Crippen molar-refractivity contribution in [1.82, 2.24) is 10.2 Å². The average Bonchev–Trinajstić information content (AvgIpc) is 2.94. The van der Waals surface area contributed by atoms with Gasteiger partial charge in [-0.05, 0) is 65.9 Å².